The number of carbonyl (C=O) groups excluding carboxylic acids is 1. The Bertz CT molecular complexity index is 1280. The summed E-state index contributed by atoms with van der Waals surface area (Å²) in [6.07, 6.45) is 6.20. The fraction of sp³-hybridized carbons (Fsp3) is 0.400. The molecular weight excluding hydrogens is 451 g/mol. The average molecular weight is 481 g/mol. The van der Waals surface area contributed by atoms with Crippen molar-refractivity contribution in [3.05, 3.63) is 35.9 Å². The molecule has 1 aromatic carbocycles. The summed E-state index contributed by atoms with van der Waals surface area (Å²) >= 11 is 0. The Morgan fingerprint density at radius 3 is 2.89 bits per heavy atom. The lowest BCUT2D eigenvalue weighted by atomic mass is 9.92. The maximum Gasteiger partial charge on any atom is 0.413 e. The molecule has 0 spiro atoms. The highest BCUT2D eigenvalue weighted by molar-refractivity contribution is 5.99. The zero-order valence-corrected chi connectivity index (χ0v) is 19.8. The minimum Gasteiger partial charge on any atom is -0.474 e. The normalized spacial score (nSPS) is 19.4. The molecule has 9 nitrogen and oxygen atoms in total. The van der Waals surface area contributed by atoms with Crippen LogP contribution < -0.4 is 26.4 Å². The second-order valence-electron chi connectivity index (χ2n) is 8.94. The maximum absolute atomic E-state index is 15.3. The van der Waals surface area contributed by atoms with Crippen LogP contribution in [0.4, 0.5) is 26.4 Å². The fourth-order valence-electron chi connectivity index (χ4n) is 4.89. The van der Waals surface area contributed by atoms with Gasteiger partial charge < -0.3 is 25.8 Å². The van der Waals surface area contributed by atoms with E-state index in [1.54, 1.807) is 18.3 Å². The van der Waals surface area contributed by atoms with Crippen molar-refractivity contribution in [1.29, 1.82) is 0 Å². The Kier molecular flexibility index (Phi) is 6.29. The molecule has 1 aliphatic heterocycles. The van der Waals surface area contributed by atoms with Crippen molar-refractivity contribution in [2.24, 2.45) is 0 Å². The van der Waals surface area contributed by atoms with Gasteiger partial charge >= 0.3 is 6.09 Å². The van der Waals surface area contributed by atoms with E-state index in [-0.39, 0.29) is 17.8 Å². The lowest BCUT2D eigenvalue weighted by Gasteiger charge is -2.30. The van der Waals surface area contributed by atoms with Gasteiger partial charge in [0.15, 0.2) is 5.82 Å². The number of hydrogen-bond acceptors (Lipinski definition) is 8. The minimum atomic E-state index is -0.569. The van der Waals surface area contributed by atoms with Crippen LogP contribution in [0.15, 0.2) is 24.5 Å². The summed E-state index contributed by atoms with van der Waals surface area (Å²) in [5, 5.41) is 10.3. The number of nitrogen functional groups attached to an aromatic ring is 1. The molecule has 1 amide bonds. The Morgan fingerprint density at radius 1 is 1.23 bits per heavy atom. The number of benzene rings is 1. The molecule has 0 saturated heterocycles. The number of anilines is 3. The summed E-state index contributed by atoms with van der Waals surface area (Å²) in [6.45, 7) is 3.06. The lowest BCUT2D eigenvalue weighted by molar-refractivity contribution is 0.0640. The first kappa shape index (κ1) is 23.1. The van der Waals surface area contributed by atoms with Crippen LogP contribution >= 0.6 is 0 Å². The average Bonchev–Trinajstić information content (AvgIpc) is 2.87. The van der Waals surface area contributed by atoms with Crippen LogP contribution in [-0.2, 0) is 4.74 Å². The van der Waals surface area contributed by atoms with Crippen LogP contribution in [0.1, 0.15) is 31.2 Å². The Morgan fingerprint density at radius 2 is 2.06 bits per heavy atom. The first-order valence-electron chi connectivity index (χ1n) is 11.9. The summed E-state index contributed by atoms with van der Waals surface area (Å²) in [7, 11) is 1.87. The van der Waals surface area contributed by atoms with Crippen molar-refractivity contribution in [3.63, 3.8) is 0 Å². The molecule has 2 atom stereocenters. The molecular formula is C25H29FN6O3. The third-order valence-electron chi connectivity index (χ3n) is 6.80. The van der Waals surface area contributed by atoms with E-state index in [0.717, 1.165) is 36.9 Å². The van der Waals surface area contributed by atoms with Gasteiger partial charge in [-0.05, 0) is 56.3 Å². The number of pyridine rings is 2. The Labute approximate surface area is 202 Å². The molecule has 2 aromatic heterocycles. The predicted octanol–water partition coefficient (Wildman–Crippen LogP) is 4.21. The zero-order chi connectivity index (χ0) is 24.5. The molecule has 3 aromatic rings. The molecule has 5 rings (SSSR count). The highest BCUT2D eigenvalue weighted by atomic mass is 19.1. The van der Waals surface area contributed by atoms with Crippen LogP contribution in [-0.4, -0.2) is 48.4 Å². The van der Waals surface area contributed by atoms with Gasteiger partial charge in [0.1, 0.15) is 24.2 Å². The van der Waals surface area contributed by atoms with Crippen LogP contribution in [0, 0.1) is 12.7 Å². The van der Waals surface area contributed by atoms with Gasteiger partial charge in [0, 0.05) is 41.5 Å². The number of likely N-dealkylation sites (N-methyl/N-ethyl adjacent to an activating group) is 1. The van der Waals surface area contributed by atoms with Crippen molar-refractivity contribution in [2.45, 2.75) is 44.8 Å². The molecule has 0 bridgehead atoms. The molecule has 1 saturated carbocycles. The number of nitrogens with one attached hydrogen (secondary N) is 3. The number of carbonyl (C=O) groups is 1. The van der Waals surface area contributed by atoms with E-state index in [9.17, 15) is 4.79 Å². The number of aromatic nitrogens is 2. The van der Waals surface area contributed by atoms with Crippen molar-refractivity contribution >= 4 is 34.1 Å². The predicted molar refractivity (Wildman–Crippen MR) is 133 cm³/mol. The second-order valence-corrected chi connectivity index (χ2v) is 8.94. The molecule has 1 unspecified atom stereocenters. The van der Waals surface area contributed by atoms with E-state index in [1.807, 2.05) is 14.0 Å². The maximum atomic E-state index is 15.3. The summed E-state index contributed by atoms with van der Waals surface area (Å²) < 4.78 is 26.6. The van der Waals surface area contributed by atoms with Crippen molar-refractivity contribution in [2.75, 3.05) is 36.6 Å². The third kappa shape index (κ3) is 4.41. The largest absolute Gasteiger partial charge is 0.474 e. The molecule has 3 heterocycles. The van der Waals surface area contributed by atoms with Crippen molar-refractivity contribution < 1.29 is 18.7 Å². The van der Waals surface area contributed by atoms with Crippen molar-refractivity contribution in [1.82, 2.24) is 15.3 Å². The third-order valence-corrected chi connectivity index (χ3v) is 6.80. The van der Waals surface area contributed by atoms with E-state index in [0.29, 0.717) is 46.7 Å². The number of fused-ring (bicyclic) bond motifs is 2. The van der Waals surface area contributed by atoms with Gasteiger partial charge in [0.25, 0.3) is 0 Å². The van der Waals surface area contributed by atoms with Gasteiger partial charge in [-0.25, -0.2) is 19.2 Å². The van der Waals surface area contributed by atoms with E-state index >= 15 is 4.39 Å². The van der Waals surface area contributed by atoms with Gasteiger partial charge in [-0.1, -0.05) is 6.42 Å². The van der Waals surface area contributed by atoms with E-state index in [1.165, 1.54) is 6.20 Å². The smallest absolute Gasteiger partial charge is 0.413 e. The molecule has 35 heavy (non-hydrogen) atoms. The van der Waals surface area contributed by atoms with Gasteiger partial charge in [0.05, 0.1) is 5.69 Å². The Balaban J connectivity index is 1.44. The summed E-state index contributed by atoms with van der Waals surface area (Å²) in [4.78, 5) is 21.2. The second kappa shape index (κ2) is 9.53. The van der Waals surface area contributed by atoms with Gasteiger partial charge in [-0.15, -0.1) is 0 Å². The zero-order valence-electron chi connectivity index (χ0n) is 19.8. The number of hydrogen-bond donors (Lipinski definition) is 4. The molecule has 10 heteroatoms. The molecule has 1 fully saturated rings. The highest BCUT2D eigenvalue weighted by Gasteiger charge is 2.27. The highest BCUT2D eigenvalue weighted by Crippen LogP contribution is 2.39. The van der Waals surface area contributed by atoms with Gasteiger partial charge in [0.2, 0.25) is 5.88 Å². The first-order valence-corrected chi connectivity index (χ1v) is 11.9. The topological polar surface area (TPSA) is 123 Å². The van der Waals surface area contributed by atoms with E-state index in [2.05, 4.69) is 25.9 Å². The van der Waals surface area contributed by atoms with Crippen molar-refractivity contribution in [3.8, 4) is 17.0 Å². The molecule has 5 N–H and O–H groups in total. The fourth-order valence-corrected chi connectivity index (χ4v) is 4.89. The number of nitrogens with zero attached hydrogens (tertiary/aromatic N) is 2. The number of amides is 1. The van der Waals surface area contributed by atoms with Crippen LogP contribution in [0.25, 0.3) is 21.9 Å². The molecule has 2 aliphatic rings. The van der Waals surface area contributed by atoms with E-state index in [4.69, 9.17) is 15.2 Å². The monoisotopic (exact) mass is 480 g/mol. The molecule has 1 aliphatic carbocycles. The standard InChI is InChI=1S/C25H29FN6O3/c1-13-16(11-31-24-23(13)29-7-8-34-24)15-9-14-10-20(30-12-17(14)22(27)21(15)26)32-25(33)35-19-6-4-3-5-18(19)28-2/h9-12,18-19,28-29H,3-8,27H2,1-2H3,(H,30,32,33)/t18?,19-/m0/s1. The van der Waals surface area contributed by atoms with Crippen LogP contribution in [0.3, 0.4) is 0 Å². The number of rotatable bonds is 4. The first-order chi connectivity index (χ1) is 17.0. The number of halogens is 1. The summed E-state index contributed by atoms with van der Waals surface area (Å²) in [6, 6.07) is 3.49. The van der Waals surface area contributed by atoms with Gasteiger partial charge in [-0.3, -0.25) is 5.32 Å². The van der Waals surface area contributed by atoms with E-state index < -0.39 is 11.9 Å². The lowest BCUT2D eigenvalue weighted by Crippen LogP contribution is -2.43. The Hall–Kier alpha value is -3.66. The summed E-state index contributed by atoms with van der Waals surface area (Å²) in [5.74, 6) is 0.252. The molecule has 184 valence electrons. The summed E-state index contributed by atoms with van der Waals surface area (Å²) in [5.41, 5.74) is 8.62. The quantitative estimate of drug-likeness (QED) is 0.410. The SMILES string of the molecule is CNC1CCCC[C@@H]1OC(=O)Nc1cc2cc(-c3cnc4c(c3C)NCCO4)c(F)c(N)c2cn1. The minimum absolute atomic E-state index is 0.0143. The van der Waals surface area contributed by atoms with Gasteiger partial charge in [-0.2, -0.15) is 0 Å². The number of ether oxygens (including phenoxy) is 2. The molecule has 0 radical (unpaired) electrons. The van der Waals surface area contributed by atoms with Crippen LogP contribution in [0.5, 0.6) is 5.88 Å². The van der Waals surface area contributed by atoms with Crippen LogP contribution in [0.2, 0.25) is 0 Å². The number of nitrogens with two attached hydrogens (primary N) is 1.